The highest BCUT2D eigenvalue weighted by Gasteiger charge is 2.64. The molecule has 4 atom stereocenters. The molecule has 24 heavy (non-hydrogen) atoms. The Morgan fingerprint density at radius 1 is 0.958 bits per heavy atom. The van der Waals surface area contributed by atoms with Gasteiger partial charge in [0.1, 0.15) is 0 Å². The van der Waals surface area contributed by atoms with Gasteiger partial charge in [-0.1, -0.05) is 60.7 Å². The molecule has 5 rings (SSSR count). The van der Waals surface area contributed by atoms with Crippen molar-refractivity contribution in [1.82, 2.24) is 0 Å². The van der Waals surface area contributed by atoms with Crippen LogP contribution >= 0.6 is 0 Å². The van der Waals surface area contributed by atoms with Crippen LogP contribution in [0.1, 0.15) is 23.5 Å². The number of hydrogen-bond acceptors (Lipinski definition) is 3. The molecule has 2 aromatic rings. The van der Waals surface area contributed by atoms with Gasteiger partial charge in [0.2, 0.25) is 5.90 Å². The van der Waals surface area contributed by atoms with Crippen molar-refractivity contribution in [2.75, 3.05) is 0 Å². The number of carbonyl (C=O) groups excluding carboxylic acids is 1. The molecule has 0 radical (unpaired) electrons. The van der Waals surface area contributed by atoms with Gasteiger partial charge in [0.25, 0.3) is 0 Å². The molecule has 3 heteroatoms. The topological polar surface area (TPSA) is 38.7 Å². The predicted molar refractivity (Wildman–Crippen MR) is 91.7 cm³/mol. The summed E-state index contributed by atoms with van der Waals surface area (Å²) < 4.78 is 5.67. The van der Waals surface area contributed by atoms with Gasteiger partial charge in [0.15, 0.2) is 5.54 Å². The fourth-order valence-electron chi connectivity index (χ4n) is 4.56. The van der Waals surface area contributed by atoms with Crippen molar-refractivity contribution in [3.05, 3.63) is 83.9 Å². The van der Waals surface area contributed by atoms with Gasteiger partial charge in [-0.05, 0) is 30.0 Å². The first kappa shape index (κ1) is 13.7. The van der Waals surface area contributed by atoms with E-state index < -0.39 is 5.54 Å². The number of fused-ring (bicyclic) bond motifs is 3. The van der Waals surface area contributed by atoms with Crippen LogP contribution in [0.25, 0.3) is 0 Å². The van der Waals surface area contributed by atoms with Crippen LogP contribution in [0.4, 0.5) is 0 Å². The van der Waals surface area contributed by atoms with Crippen LogP contribution < -0.4 is 0 Å². The zero-order valence-electron chi connectivity index (χ0n) is 13.1. The van der Waals surface area contributed by atoms with E-state index in [9.17, 15) is 4.79 Å². The Morgan fingerprint density at radius 2 is 1.67 bits per heavy atom. The summed E-state index contributed by atoms with van der Waals surface area (Å²) in [6, 6.07) is 20.0. The van der Waals surface area contributed by atoms with Crippen LogP contribution in [0.15, 0.2) is 77.8 Å². The summed E-state index contributed by atoms with van der Waals surface area (Å²) >= 11 is 0. The molecule has 0 unspecified atom stereocenters. The fraction of sp³-hybridized carbons (Fsp3) is 0.238. The van der Waals surface area contributed by atoms with Gasteiger partial charge in [-0.3, -0.25) is 0 Å². The number of allylic oxidation sites excluding steroid dienone is 1. The molecular weight excluding hydrogens is 298 g/mol. The van der Waals surface area contributed by atoms with E-state index in [1.54, 1.807) is 0 Å². The molecule has 3 aliphatic rings. The van der Waals surface area contributed by atoms with Crippen LogP contribution in [0.3, 0.4) is 0 Å². The van der Waals surface area contributed by atoms with Crippen LogP contribution in [0.2, 0.25) is 0 Å². The number of nitrogens with zero attached hydrogens (tertiary/aromatic N) is 1. The lowest BCUT2D eigenvalue weighted by molar-refractivity contribution is -0.140. The third kappa shape index (κ3) is 1.72. The molecule has 118 valence electrons. The number of aliphatic imine (C=N–C) groups is 1. The highest BCUT2D eigenvalue weighted by molar-refractivity contribution is 6.09. The Labute approximate surface area is 140 Å². The Hall–Kier alpha value is -2.68. The van der Waals surface area contributed by atoms with Crippen molar-refractivity contribution >= 4 is 11.9 Å². The molecule has 2 aliphatic carbocycles. The third-order valence-electron chi connectivity index (χ3n) is 5.57. The second-order valence-corrected chi connectivity index (χ2v) is 6.78. The average molecular weight is 315 g/mol. The summed E-state index contributed by atoms with van der Waals surface area (Å²) in [5.74, 6) is 0.794. The normalized spacial score (nSPS) is 33.1. The van der Waals surface area contributed by atoms with E-state index in [0.717, 1.165) is 12.0 Å². The number of rotatable bonds is 2. The molecule has 1 saturated carbocycles. The number of hydrogen-bond donors (Lipinski definition) is 0. The monoisotopic (exact) mass is 315 g/mol. The van der Waals surface area contributed by atoms with Crippen LogP contribution in [-0.4, -0.2) is 17.4 Å². The number of esters is 1. The summed E-state index contributed by atoms with van der Waals surface area (Å²) in [4.78, 5) is 17.9. The zero-order valence-corrected chi connectivity index (χ0v) is 13.1. The minimum Gasteiger partial charge on any atom is -0.405 e. The summed E-state index contributed by atoms with van der Waals surface area (Å²) in [6.07, 6.45) is 5.37. The van der Waals surface area contributed by atoms with E-state index in [1.165, 1.54) is 5.56 Å². The quantitative estimate of drug-likeness (QED) is 0.626. The zero-order chi connectivity index (χ0) is 16.1. The number of benzene rings is 2. The lowest BCUT2D eigenvalue weighted by Crippen LogP contribution is -2.44. The molecule has 0 aromatic heterocycles. The van der Waals surface area contributed by atoms with Crippen molar-refractivity contribution in [1.29, 1.82) is 0 Å². The van der Waals surface area contributed by atoms with Crippen molar-refractivity contribution in [2.24, 2.45) is 16.8 Å². The van der Waals surface area contributed by atoms with Gasteiger partial charge in [0.05, 0.1) is 0 Å². The molecule has 1 fully saturated rings. The van der Waals surface area contributed by atoms with E-state index in [4.69, 9.17) is 9.73 Å². The van der Waals surface area contributed by atoms with E-state index >= 15 is 0 Å². The second kappa shape index (κ2) is 4.91. The average Bonchev–Trinajstić information content (AvgIpc) is 3.31. The van der Waals surface area contributed by atoms with Crippen molar-refractivity contribution < 1.29 is 9.53 Å². The van der Waals surface area contributed by atoms with Gasteiger partial charge in [0, 0.05) is 17.4 Å². The molecule has 0 amide bonds. The van der Waals surface area contributed by atoms with E-state index in [-0.39, 0.29) is 17.8 Å². The largest absolute Gasteiger partial charge is 0.405 e. The Bertz CT molecular complexity index is 856. The van der Waals surface area contributed by atoms with Gasteiger partial charge < -0.3 is 4.74 Å². The lowest BCUT2D eigenvalue weighted by atomic mass is 9.73. The third-order valence-corrected chi connectivity index (χ3v) is 5.57. The van der Waals surface area contributed by atoms with Gasteiger partial charge >= 0.3 is 5.97 Å². The first-order valence-corrected chi connectivity index (χ1v) is 8.40. The predicted octanol–water partition coefficient (Wildman–Crippen LogP) is 3.72. The maximum atomic E-state index is 13.0. The number of ether oxygens (including phenoxy) is 1. The molecule has 2 bridgehead atoms. The maximum absolute atomic E-state index is 13.0. The summed E-state index contributed by atoms with van der Waals surface area (Å²) in [5.41, 5.74) is 1.23. The highest BCUT2D eigenvalue weighted by atomic mass is 16.6. The SMILES string of the molecule is O=C1OC(c2ccccc2)=N[C@]12[C@@H]1C=C[C@@H](C1)[C@@H]2c1ccccc1. The molecule has 0 N–H and O–H groups in total. The van der Waals surface area contributed by atoms with Gasteiger partial charge in [-0.15, -0.1) is 0 Å². The van der Waals surface area contributed by atoms with Crippen molar-refractivity contribution in [3.63, 3.8) is 0 Å². The molecule has 1 spiro atoms. The minimum atomic E-state index is -0.800. The van der Waals surface area contributed by atoms with E-state index in [1.807, 2.05) is 48.5 Å². The first-order chi connectivity index (χ1) is 11.8. The Morgan fingerprint density at radius 3 is 2.42 bits per heavy atom. The van der Waals surface area contributed by atoms with E-state index in [0.29, 0.717) is 11.8 Å². The highest BCUT2D eigenvalue weighted by Crippen LogP contribution is 2.59. The molecule has 0 saturated heterocycles. The molecule has 2 aromatic carbocycles. The molecule has 1 heterocycles. The van der Waals surface area contributed by atoms with Gasteiger partial charge in [-0.25, -0.2) is 9.79 Å². The van der Waals surface area contributed by atoms with Crippen LogP contribution in [0, 0.1) is 11.8 Å². The van der Waals surface area contributed by atoms with Gasteiger partial charge in [-0.2, -0.15) is 0 Å². The minimum absolute atomic E-state index is 0.0578. The van der Waals surface area contributed by atoms with E-state index in [2.05, 4.69) is 24.3 Å². The molecule has 3 nitrogen and oxygen atoms in total. The summed E-state index contributed by atoms with van der Waals surface area (Å²) in [7, 11) is 0. The smallest absolute Gasteiger partial charge is 0.342 e. The van der Waals surface area contributed by atoms with Crippen molar-refractivity contribution in [2.45, 2.75) is 17.9 Å². The summed E-state index contributed by atoms with van der Waals surface area (Å²) in [6.45, 7) is 0. The van der Waals surface area contributed by atoms with Crippen molar-refractivity contribution in [3.8, 4) is 0 Å². The maximum Gasteiger partial charge on any atom is 0.342 e. The number of carbonyl (C=O) groups is 1. The lowest BCUT2D eigenvalue weighted by Gasteiger charge is -2.32. The standard InChI is InChI=1S/C21H17NO2/c23-20-21(22-19(24-20)15-9-5-2-6-10-15)17-12-11-16(13-17)18(21)14-7-3-1-4-8-14/h1-12,16-18H,13H2/t16-,17+,18-,21-/m0/s1. The molecular formula is C21H17NO2. The number of cyclic esters (lactones) is 1. The van der Waals surface area contributed by atoms with Crippen LogP contribution in [0.5, 0.6) is 0 Å². The Kier molecular flexibility index (Phi) is 2.81. The molecule has 1 aliphatic heterocycles. The first-order valence-electron chi connectivity index (χ1n) is 8.40. The summed E-state index contributed by atoms with van der Waals surface area (Å²) in [5, 5.41) is 0. The Balaban J connectivity index is 1.66. The second-order valence-electron chi connectivity index (χ2n) is 6.78. The van der Waals surface area contributed by atoms with Crippen LogP contribution in [-0.2, 0) is 9.53 Å². The fourth-order valence-corrected chi connectivity index (χ4v) is 4.56.